The molecule has 1 aliphatic heterocycles. The van der Waals surface area contributed by atoms with Crippen LogP contribution in [0.2, 0.25) is 0 Å². The first-order valence-electron chi connectivity index (χ1n) is 15.7. The maximum Gasteiger partial charge on any atom is 0.169 e. The van der Waals surface area contributed by atoms with E-state index in [0.29, 0.717) is 41.0 Å². The summed E-state index contributed by atoms with van der Waals surface area (Å²) in [6.45, 7) is 1.65. The van der Waals surface area contributed by atoms with Gasteiger partial charge < -0.3 is 35.6 Å². The van der Waals surface area contributed by atoms with Gasteiger partial charge in [-0.15, -0.1) is 0 Å². The minimum atomic E-state index is -0.350. The number of benzene rings is 4. The van der Waals surface area contributed by atoms with E-state index < -0.39 is 0 Å². The summed E-state index contributed by atoms with van der Waals surface area (Å²) >= 11 is 0. The van der Waals surface area contributed by atoms with Crippen molar-refractivity contribution in [2.24, 2.45) is 0 Å². The summed E-state index contributed by atoms with van der Waals surface area (Å²) in [7, 11) is 0. The maximum absolute atomic E-state index is 11.1. The summed E-state index contributed by atoms with van der Waals surface area (Å²) in [5, 5.41) is 56.6. The van der Waals surface area contributed by atoms with Crippen molar-refractivity contribution in [1.82, 2.24) is 5.32 Å². The Morgan fingerprint density at radius 3 is 2.32 bits per heavy atom. The zero-order chi connectivity index (χ0) is 30.7. The molecule has 2 aliphatic rings. The average molecular weight is 596 g/mol. The van der Waals surface area contributed by atoms with Crippen LogP contribution in [-0.2, 0) is 24.1 Å². The quantitative estimate of drug-likeness (QED) is 0.0934. The molecule has 1 saturated heterocycles. The molecule has 230 valence electrons. The number of rotatable bonds is 8. The van der Waals surface area contributed by atoms with Crippen LogP contribution in [0.3, 0.4) is 0 Å². The molecular weight excluding hydrogens is 554 g/mol. The lowest BCUT2D eigenvalue weighted by Crippen LogP contribution is -2.47. The number of fused-ring (bicyclic) bond motifs is 1. The number of hydrogen-bond acceptors (Lipinski definition) is 7. The SMILES string of the molecule is Oc1ccc(C=Cc2c(CCc3ccc(CNC4CCOC5(CCCCC5)C4)cc3)c(O)c(O)c3c(O)cccc23)cc1O. The minimum Gasteiger partial charge on any atom is -0.507 e. The zero-order valence-electron chi connectivity index (χ0n) is 24.9. The van der Waals surface area contributed by atoms with E-state index in [4.69, 9.17) is 4.74 Å². The summed E-state index contributed by atoms with van der Waals surface area (Å²) in [6, 6.07) is 18.5. The molecular formula is C37H41NO6. The summed E-state index contributed by atoms with van der Waals surface area (Å²) in [5.41, 5.74) is 4.27. The molecule has 2 fully saturated rings. The molecule has 1 spiro atoms. The van der Waals surface area contributed by atoms with E-state index in [9.17, 15) is 25.5 Å². The van der Waals surface area contributed by atoms with Crippen LogP contribution in [0.5, 0.6) is 28.7 Å². The molecule has 1 atom stereocenters. The molecule has 7 nitrogen and oxygen atoms in total. The van der Waals surface area contributed by atoms with Crippen molar-refractivity contribution in [2.45, 2.75) is 76.0 Å². The Balaban J connectivity index is 1.18. The molecule has 1 aliphatic carbocycles. The smallest absolute Gasteiger partial charge is 0.169 e. The van der Waals surface area contributed by atoms with Gasteiger partial charge in [0.05, 0.1) is 11.0 Å². The van der Waals surface area contributed by atoms with Crippen molar-refractivity contribution in [3.63, 3.8) is 0 Å². The zero-order valence-corrected chi connectivity index (χ0v) is 24.9. The number of ether oxygens (including phenoxy) is 1. The first-order chi connectivity index (χ1) is 21.3. The number of nitrogens with one attached hydrogen (secondary N) is 1. The van der Waals surface area contributed by atoms with Crippen molar-refractivity contribution < 1.29 is 30.3 Å². The second-order valence-corrected chi connectivity index (χ2v) is 12.3. The predicted octanol–water partition coefficient (Wildman–Crippen LogP) is 7.29. The standard InChI is InChI=1S/C37H41NO6/c39-31-16-13-25(21-33(31)41)12-14-28-29-5-4-6-32(40)34(29)36(43)35(42)30(28)15-11-24-7-9-26(10-8-24)23-38-27-17-20-44-37(22-27)18-2-1-3-19-37/h4-10,12-14,16,21,27,38-43H,1-3,11,15,17-20,22-23H2. The van der Waals surface area contributed by atoms with Crippen LogP contribution in [-0.4, -0.2) is 43.8 Å². The average Bonchev–Trinajstić information content (AvgIpc) is 3.03. The van der Waals surface area contributed by atoms with Gasteiger partial charge in [0.25, 0.3) is 0 Å². The van der Waals surface area contributed by atoms with Crippen molar-refractivity contribution in [2.75, 3.05) is 6.61 Å². The normalized spacial score (nSPS) is 18.3. The molecule has 7 heteroatoms. The molecule has 0 bridgehead atoms. The largest absolute Gasteiger partial charge is 0.507 e. The van der Waals surface area contributed by atoms with Gasteiger partial charge in [0.1, 0.15) is 5.75 Å². The Hall–Kier alpha value is -4.20. The van der Waals surface area contributed by atoms with E-state index in [0.717, 1.165) is 31.6 Å². The molecule has 0 radical (unpaired) electrons. The highest BCUT2D eigenvalue weighted by Gasteiger charge is 2.38. The van der Waals surface area contributed by atoms with Gasteiger partial charge in [-0.1, -0.05) is 73.9 Å². The van der Waals surface area contributed by atoms with Crippen molar-refractivity contribution >= 4 is 22.9 Å². The first-order valence-corrected chi connectivity index (χ1v) is 15.7. The van der Waals surface area contributed by atoms with Gasteiger partial charge in [-0.25, -0.2) is 0 Å². The van der Waals surface area contributed by atoms with E-state index in [1.54, 1.807) is 30.4 Å². The Kier molecular flexibility index (Phi) is 8.69. The van der Waals surface area contributed by atoms with Crippen molar-refractivity contribution in [3.05, 3.63) is 88.5 Å². The third-order valence-electron chi connectivity index (χ3n) is 9.39. The van der Waals surface area contributed by atoms with Crippen molar-refractivity contribution in [3.8, 4) is 28.7 Å². The summed E-state index contributed by atoms with van der Waals surface area (Å²) < 4.78 is 6.26. The molecule has 4 aromatic carbocycles. The Labute approximate surface area is 258 Å². The second-order valence-electron chi connectivity index (χ2n) is 12.3. The number of hydrogen-bond donors (Lipinski definition) is 6. The van der Waals surface area contributed by atoms with Gasteiger partial charge in [0.2, 0.25) is 0 Å². The van der Waals surface area contributed by atoms with Crippen LogP contribution in [0.4, 0.5) is 0 Å². The fourth-order valence-electron chi connectivity index (χ4n) is 6.93. The molecule has 6 rings (SSSR count). The molecule has 1 saturated carbocycles. The van der Waals surface area contributed by atoms with Gasteiger partial charge in [-0.2, -0.15) is 0 Å². The summed E-state index contributed by atoms with van der Waals surface area (Å²) in [5.74, 6) is -1.18. The van der Waals surface area contributed by atoms with Gasteiger partial charge >= 0.3 is 0 Å². The highest BCUT2D eigenvalue weighted by atomic mass is 16.5. The molecule has 0 aromatic heterocycles. The number of aromatic hydroxyl groups is 5. The summed E-state index contributed by atoms with van der Waals surface area (Å²) in [4.78, 5) is 0. The molecule has 0 amide bonds. The van der Waals surface area contributed by atoms with Gasteiger partial charge in [0.15, 0.2) is 23.0 Å². The van der Waals surface area contributed by atoms with Gasteiger partial charge in [-0.3, -0.25) is 0 Å². The van der Waals surface area contributed by atoms with E-state index in [1.165, 1.54) is 55.9 Å². The summed E-state index contributed by atoms with van der Waals surface area (Å²) in [6.07, 6.45) is 13.0. The Morgan fingerprint density at radius 2 is 1.55 bits per heavy atom. The van der Waals surface area contributed by atoms with Gasteiger partial charge in [0, 0.05) is 24.8 Å². The molecule has 1 unspecified atom stereocenters. The van der Waals surface area contributed by atoms with E-state index in [2.05, 4.69) is 29.6 Å². The van der Waals surface area contributed by atoms with Crippen LogP contribution in [0, 0.1) is 0 Å². The molecule has 6 N–H and O–H groups in total. The van der Waals surface area contributed by atoms with Gasteiger partial charge in [-0.05, 0) is 84.4 Å². The fourth-order valence-corrected chi connectivity index (χ4v) is 6.93. The second kappa shape index (κ2) is 12.8. The lowest BCUT2D eigenvalue weighted by molar-refractivity contribution is -0.109. The molecule has 4 aromatic rings. The van der Waals surface area contributed by atoms with E-state index in [-0.39, 0.29) is 39.7 Å². The van der Waals surface area contributed by atoms with Crippen LogP contribution < -0.4 is 5.32 Å². The molecule has 1 heterocycles. The topological polar surface area (TPSA) is 122 Å². The number of aryl methyl sites for hydroxylation is 1. The van der Waals surface area contributed by atoms with Crippen LogP contribution in [0.15, 0.2) is 60.7 Å². The Morgan fingerprint density at radius 1 is 0.773 bits per heavy atom. The lowest BCUT2D eigenvalue weighted by Gasteiger charge is -2.43. The van der Waals surface area contributed by atoms with Crippen LogP contribution >= 0.6 is 0 Å². The number of phenols is 5. The molecule has 44 heavy (non-hydrogen) atoms. The lowest BCUT2D eigenvalue weighted by atomic mass is 9.78. The predicted molar refractivity (Wildman–Crippen MR) is 173 cm³/mol. The number of phenolic OH excluding ortho intramolecular Hbond substituents is 5. The Bertz CT molecular complexity index is 1650. The van der Waals surface area contributed by atoms with Crippen molar-refractivity contribution in [1.29, 1.82) is 0 Å². The fraction of sp³-hybridized carbons (Fsp3) is 0.351. The maximum atomic E-state index is 11.1. The monoisotopic (exact) mass is 595 g/mol. The highest BCUT2D eigenvalue weighted by Crippen LogP contribution is 2.45. The minimum absolute atomic E-state index is 0.0827. The van der Waals surface area contributed by atoms with E-state index >= 15 is 0 Å². The van der Waals surface area contributed by atoms with Crippen LogP contribution in [0.25, 0.3) is 22.9 Å². The first kappa shape index (κ1) is 29.9. The van der Waals surface area contributed by atoms with E-state index in [1.807, 2.05) is 0 Å². The highest BCUT2D eigenvalue weighted by molar-refractivity contribution is 6.03. The third-order valence-corrected chi connectivity index (χ3v) is 9.39. The van der Waals surface area contributed by atoms with Crippen LogP contribution in [0.1, 0.15) is 72.8 Å². The third kappa shape index (κ3) is 6.35.